The molecule has 1 aliphatic rings. The number of ether oxygens (including phenoxy) is 1. The predicted molar refractivity (Wildman–Crippen MR) is 65.9 cm³/mol. The van der Waals surface area contributed by atoms with E-state index >= 15 is 0 Å². The minimum atomic E-state index is -3.29. The van der Waals surface area contributed by atoms with Gasteiger partial charge < -0.3 is 9.84 Å². The first kappa shape index (κ1) is 13.3. The van der Waals surface area contributed by atoms with Crippen molar-refractivity contribution < 1.29 is 23.1 Å². The van der Waals surface area contributed by atoms with Gasteiger partial charge in [0.15, 0.2) is 16.1 Å². The molecule has 2 rings (SSSR count). The molecule has 1 aromatic carbocycles. The van der Waals surface area contributed by atoms with Crippen molar-refractivity contribution in [1.82, 2.24) is 0 Å². The van der Waals surface area contributed by atoms with Crippen LogP contribution < -0.4 is 4.74 Å². The lowest BCUT2D eigenvalue weighted by molar-refractivity contribution is 0.0728. The summed E-state index contributed by atoms with van der Waals surface area (Å²) >= 11 is 5.82. The quantitative estimate of drug-likeness (QED) is 0.829. The molecule has 0 saturated carbocycles. The third kappa shape index (κ3) is 2.66. The second kappa shape index (κ2) is 4.87. The largest absolute Gasteiger partial charge is 0.486 e. The fourth-order valence-electron chi connectivity index (χ4n) is 1.81. The van der Waals surface area contributed by atoms with Crippen molar-refractivity contribution in [2.75, 3.05) is 11.5 Å². The lowest BCUT2D eigenvalue weighted by Gasteiger charge is -2.17. The van der Waals surface area contributed by atoms with Crippen molar-refractivity contribution in [2.24, 2.45) is 0 Å². The Labute approximate surface area is 109 Å². The van der Waals surface area contributed by atoms with Crippen LogP contribution in [0.1, 0.15) is 10.4 Å². The minimum Gasteiger partial charge on any atom is -0.486 e. The van der Waals surface area contributed by atoms with E-state index in [9.17, 15) is 18.3 Å². The van der Waals surface area contributed by atoms with Gasteiger partial charge in [-0.05, 0) is 12.1 Å². The molecule has 0 bridgehead atoms. The topological polar surface area (TPSA) is 80.7 Å². The maximum atomic E-state index is 11.3. The van der Waals surface area contributed by atoms with Gasteiger partial charge in [-0.1, -0.05) is 17.7 Å². The third-order valence-electron chi connectivity index (χ3n) is 2.68. The number of hydrogen-bond acceptors (Lipinski definition) is 5. The number of sulfone groups is 1. The lowest BCUT2D eigenvalue weighted by atomic mass is 10.2. The van der Waals surface area contributed by atoms with Gasteiger partial charge in [-0.25, -0.2) is 8.42 Å². The number of hydrogen-bond donors (Lipinski definition) is 1. The number of rotatable bonds is 3. The molecule has 0 spiro atoms. The maximum Gasteiger partial charge on any atom is 0.156 e. The highest BCUT2D eigenvalue weighted by Crippen LogP contribution is 2.27. The molecule has 98 valence electrons. The van der Waals surface area contributed by atoms with Crippen LogP contribution >= 0.6 is 11.6 Å². The first-order chi connectivity index (χ1) is 8.43. The summed E-state index contributed by atoms with van der Waals surface area (Å²) in [4.78, 5) is 10.9. The Hall–Kier alpha value is -1.11. The summed E-state index contributed by atoms with van der Waals surface area (Å²) < 4.78 is 28.0. The molecule has 1 aliphatic heterocycles. The predicted octanol–water partition coefficient (Wildman–Crippen LogP) is 0.689. The molecule has 7 heteroatoms. The molecule has 1 fully saturated rings. The van der Waals surface area contributed by atoms with E-state index in [4.69, 9.17) is 16.3 Å². The molecule has 0 aromatic heterocycles. The maximum absolute atomic E-state index is 11.3. The van der Waals surface area contributed by atoms with E-state index in [2.05, 4.69) is 0 Å². The van der Waals surface area contributed by atoms with Gasteiger partial charge >= 0.3 is 0 Å². The lowest BCUT2D eigenvalue weighted by Crippen LogP contribution is -2.30. The van der Waals surface area contributed by atoms with Crippen molar-refractivity contribution in [3.63, 3.8) is 0 Å². The SMILES string of the molecule is O=Cc1c(Cl)cccc1OC1CS(=O)(=O)CC1O. The van der Waals surface area contributed by atoms with Gasteiger partial charge in [0, 0.05) is 0 Å². The second-order valence-electron chi connectivity index (χ2n) is 4.07. The first-order valence-corrected chi connectivity index (χ1v) is 7.42. The van der Waals surface area contributed by atoms with E-state index in [1.807, 2.05) is 0 Å². The summed E-state index contributed by atoms with van der Waals surface area (Å²) in [6, 6.07) is 4.62. The highest BCUT2D eigenvalue weighted by molar-refractivity contribution is 7.91. The molecule has 5 nitrogen and oxygen atoms in total. The zero-order valence-electron chi connectivity index (χ0n) is 9.24. The summed E-state index contributed by atoms with van der Waals surface area (Å²) in [6.45, 7) is 0. The van der Waals surface area contributed by atoms with Crippen LogP contribution in [0.3, 0.4) is 0 Å². The van der Waals surface area contributed by atoms with Crippen LogP contribution in [0.15, 0.2) is 18.2 Å². The molecule has 0 amide bonds. The van der Waals surface area contributed by atoms with Gasteiger partial charge in [-0.15, -0.1) is 0 Å². The minimum absolute atomic E-state index is 0.149. The molecule has 0 aliphatic carbocycles. The zero-order chi connectivity index (χ0) is 13.3. The van der Waals surface area contributed by atoms with Crippen LogP contribution in [0, 0.1) is 0 Å². The van der Waals surface area contributed by atoms with Crippen LogP contribution in [0.25, 0.3) is 0 Å². The molecular formula is C11H11ClO5S. The summed E-state index contributed by atoms with van der Waals surface area (Å²) in [5.41, 5.74) is 0.149. The summed E-state index contributed by atoms with van der Waals surface area (Å²) in [5.74, 6) is -0.410. The van der Waals surface area contributed by atoms with Crippen molar-refractivity contribution in [2.45, 2.75) is 12.2 Å². The molecule has 18 heavy (non-hydrogen) atoms. The second-order valence-corrected chi connectivity index (χ2v) is 6.63. The molecular weight excluding hydrogens is 280 g/mol. The Morgan fingerprint density at radius 2 is 2.11 bits per heavy atom. The number of aliphatic hydroxyl groups is 1. The van der Waals surface area contributed by atoms with Crippen molar-refractivity contribution in [3.05, 3.63) is 28.8 Å². The Bertz CT molecular complexity index is 569. The monoisotopic (exact) mass is 290 g/mol. The van der Waals surface area contributed by atoms with E-state index < -0.39 is 22.0 Å². The van der Waals surface area contributed by atoms with Crippen LogP contribution in [0.5, 0.6) is 5.75 Å². The Balaban J connectivity index is 2.25. The van der Waals surface area contributed by atoms with Crippen molar-refractivity contribution in [1.29, 1.82) is 0 Å². The summed E-state index contributed by atoms with van der Waals surface area (Å²) in [5, 5.41) is 9.81. The van der Waals surface area contributed by atoms with Gasteiger partial charge in [0.2, 0.25) is 0 Å². The zero-order valence-corrected chi connectivity index (χ0v) is 10.8. The third-order valence-corrected chi connectivity index (χ3v) is 4.70. The van der Waals surface area contributed by atoms with Gasteiger partial charge in [0.25, 0.3) is 0 Å². The average molecular weight is 291 g/mol. The highest BCUT2D eigenvalue weighted by Gasteiger charge is 2.38. The van der Waals surface area contributed by atoms with E-state index in [0.717, 1.165) is 0 Å². The summed E-state index contributed by atoms with van der Waals surface area (Å²) in [6.07, 6.45) is -1.42. The standard InChI is InChI=1S/C11H11ClO5S/c12-8-2-1-3-10(7(8)4-13)17-11-6-18(15,16)5-9(11)14/h1-4,9,11,14H,5-6H2. The number of carbonyl (C=O) groups is 1. The van der Waals surface area contributed by atoms with E-state index in [0.29, 0.717) is 6.29 Å². The van der Waals surface area contributed by atoms with Gasteiger partial charge in [0.05, 0.1) is 22.1 Å². The Kier molecular flexibility index (Phi) is 3.61. The average Bonchev–Trinajstić information content (AvgIpc) is 2.52. The van der Waals surface area contributed by atoms with Crippen LogP contribution in [-0.4, -0.2) is 43.5 Å². The fourth-order valence-corrected chi connectivity index (χ4v) is 3.68. The Morgan fingerprint density at radius 1 is 1.39 bits per heavy atom. The number of halogens is 1. The molecule has 1 saturated heterocycles. The molecule has 1 N–H and O–H groups in total. The van der Waals surface area contributed by atoms with Crippen LogP contribution in [-0.2, 0) is 9.84 Å². The summed E-state index contributed by atoms with van der Waals surface area (Å²) in [7, 11) is -3.29. The Morgan fingerprint density at radius 3 is 2.67 bits per heavy atom. The molecule has 0 radical (unpaired) electrons. The van der Waals surface area contributed by atoms with Crippen LogP contribution in [0.4, 0.5) is 0 Å². The van der Waals surface area contributed by atoms with Crippen molar-refractivity contribution in [3.8, 4) is 5.75 Å². The molecule has 2 atom stereocenters. The fraction of sp³-hybridized carbons (Fsp3) is 0.364. The molecule has 1 heterocycles. The number of benzene rings is 1. The molecule has 2 unspecified atom stereocenters. The van der Waals surface area contributed by atoms with Gasteiger partial charge in [-0.2, -0.15) is 0 Å². The number of carbonyl (C=O) groups excluding carboxylic acids is 1. The molecule has 1 aromatic rings. The van der Waals surface area contributed by atoms with E-state index in [1.165, 1.54) is 12.1 Å². The van der Waals surface area contributed by atoms with Gasteiger partial charge in [0.1, 0.15) is 18.0 Å². The first-order valence-electron chi connectivity index (χ1n) is 5.22. The normalized spacial score (nSPS) is 25.9. The highest BCUT2D eigenvalue weighted by atomic mass is 35.5. The van der Waals surface area contributed by atoms with E-state index in [-0.39, 0.29) is 27.8 Å². The van der Waals surface area contributed by atoms with Crippen LogP contribution in [0.2, 0.25) is 5.02 Å². The number of aldehydes is 1. The smallest absolute Gasteiger partial charge is 0.156 e. The van der Waals surface area contributed by atoms with E-state index in [1.54, 1.807) is 6.07 Å². The number of aliphatic hydroxyl groups excluding tert-OH is 1. The van der Waals surface area contributed by atoms with Crippen molar-refractivity contribution >= 4 is 27.7 Å². The van der Waals surface area contributed by atoms with Gasteiger partial charge in [-0.3, -0.25) is 4.79 Å².